The molecular formula is C18H20FNO3. The van der Waals surface area contributed by atoms with Crippen LogP contribution in [-0.2, 0) is 6.54 Å². The monoisotopic (exact) mass is 317 g/mol. The zero-order chi connectivity index (χ0) is 16.1. The molecule has 0 aliphatic carbocycles. The smallest absolute Gasteiger partial charge is 0.165 e. The Balaban J connectivity index is 1.59. The Bertz CT molecular complexity index is 645. The highest BCUT2D eigenvalue weighted by Gasteiger charge is 2.14. The maximum Gasteiger partial charge on any atom is 0.165 e. The minimum atomic E-state index is -0.685. The van der Waals surface area contributed by atoms with Crippen molar-refractivity contribution in [2.75, 3.05) is 19.8 Å². The second kappa shape index (κ2) is 7.44. The van der Waals surface area contributed by atoms with Gasteiger partial charge < -0.3 is 19.9 Å². The van der Waals surface area contributed by atoms with E-state index in [0.29, 0.717) is 31.9 Å². The number of nitrogens with one attached hydrogen (secondary N) is 1. The predicted molar refractivity (Wildman–Crippen MR) is 85.1 cm³/mol. The van der Waals surface area contributed by atoms with Gasteiger partial charge >= 0.3 is 0 Å². The zero-order valence-corrected chi connectivity index (χ0v) is 12.8. The van der Waals surface area contributed by atoms with E-state index in [1.807, 2.05) is 18.2 Å². The Morgan fingerprint density at radius 3 is 2.70 bits per heavy atom. The van der Waals surface area contributed by atoms with Gasteiger partial charge in [-0.3, -0.25) is 0 Å². The van der Waals surface area contributed by atoms with Crippen LogP contribution in [0.2, 0.25) is 0 Å². The Hall–Kier alpha value is -2.11. The molecule has 0 amide bonds. The molecule has 1 aliphatic heterocycles. The summed E-state index contributed by atoms with van der Waals surface area (Å²) in [7, 11) is 0. The lowest BCUT2D eigenvalue weighted by atomic mass is 10.1. The molecule has 0 radical (unpaired) electrons. The highest BCUT2D eigenvalue weighted by Crippen LogP contribution is 2.33. The fourth-order valence-corrected chi connectivity index (χ4v) is 2.54. The SMILES string of the molecule is OC(CNCc1cccc2c1OCCCO2)c1ccc(F)cc1. The van der Waals surface area contributed by atoms with E-state index in [4.69, 9.17) is 9.47 Å². The normalized spacial score (nSPS) is 15.0. The molecule has 0 aromatic heterocycles. The van der Waals surface area contributed by atoms with E-state index in [1.54, 1.807) is 12.1 Å². The third-order valence-corrected chi connectivity index (χ3v) is 3.76. The van der Waals surface area contributed by atoms with Crippen LogP contribution in [0.3, 0.4) is 0 Å². The molecule has 0 fully saturated rings. The first kappa shape index (κ1) is 15.8. The number of para-hydroxylation sites is 1. The average Bonchev–Trinajstić information content (AvgIpc) is 2.81. The van der Waals surface area contributed by atoms with Gasteiger partial charge in [-0.05, 0) is 23.8 Å². The fraction of sp³-hybridized carbons (Fsp3) is 0.333. The van der Waals surface area contributed by atoms with E-state index in [0.717, 1.165) is 23.5 Å². The molecule has 5 heteroatoms. The Morgan fingerprint density at radius 1 is 1.09 bits per heavy atom. The fourth-order valence-electron chi connectivity index (χ4n) is 2.54. The van der Waals surface area contributed by atoms with Gasteiger partial charge in [0.1, 0.15) is 5.82 Å². The summed E-state index contributed by atoms with van der Waals surface area (Å²) < 4.78 is 24.3. The standard InChI is InChI=1S/C18H20FNO3/c19-15-7-5-13(6-8-15)16(21)12-20-11-14-3-1-4-17-18(14)23-10-2-9-22-17/h1,3-8,16,20-21H,2,9-12H2. The molecule has 4 nitrogen and oxygen atoms in total. The molecule has 2 aromatic rings. The molecule has 1 aliphatic rings. The Kier molecular flexibility index (Phi) is 5.10. The lowest BCUT2D eigenvalue weighted by molar-refractivity contribution is 0.174. The second-order valence-corrected chi connectivity index (χ2v) is 5.49. The number of hydrogen-bond donors (Lipinski definition) is 2. The summed E-state index contributed by atoms with van der Waals surface area (Å²) in [5, 5.41) is 13.3. The van der Waals surface area contributed by atoms with Gasteiger partial charge in [-0.15, -0.1) is 0 Å². The number of rotatable bonds is 5. The van der Waals surface area contributed by atoms with Crippen LogP contribution in [0, 0.1) is 5.82 Å². The van der Waals surface area contributed by atoms with E-state index in [9.17, 15) is 9.50 Å². The quantitative estimate of drug-likeness (QED) is 0.890. The van der Waals surface area contributed by atoms with E-state index in [1.165, 1.54) is 12.1 Å². The van der Waals surface area contributed by atoms with Crippen molar-refractivity contribution < 1.29 is 19.0 Å². The number of ether oxygens (including phenoxy) is 2. The predicted octanol–water partition coefficient (Wildman–Crippen LogP) is 2.81. The van der Waals surface area contributed by atoms with Crippen LogP contribution in [0.1, 0.15) is 23.7 Å². The summed E-state index contributed by atoms with van der Waals surface area (Å²) in [6, 6.07) is 11.7. The molecule has 0 spiro atoms. The van der Waals surface area contributed by atoms with Gasteiger partial charge in [0.15, 0.2) is 11.5 Å². The first-order valence-corrected chi connectivity index (χ1v) is 7.76. The topological polar surface area (TPSA) is 50.7 Å². The van der Waals surface area contributed by atoms with Gasteiger partial charge in [-0.2, -0.15) is 0 Å². The summed E-state index contributed by atoms with van der Waals surface area (Å²) >= 11 is 0. The average molecular weight is 317 g/mol. The second-order valence-electron chi connectivity index (χ2n) is 5.49. The molecule has 122 valence electrons. The molecule has 2 aromatic carbocycles. The molecular weight excluding hydrogens is 297 g/mol. The number of fused-ring (bicyclic) bond motifs is 1. The van der Waals surface area contributed by atoms with Gasteiger partial charge in [0, 0.05) is 25.1 Å². The third-order valence-electron chi connectivity index (χ3n) is 3.76. The van der Waals surface area contributed by atoms with Crippen molar-refractivity contribution in [3.05, 3.63) is 59.4 Å². The number of hydrogen-bond acceptors (Lipinski definition) is 4. The lowest BCUT2D eigenvalue weighted by Gasteiger charge is -2.15. The van der Waals surface area contributed by atoms with Crippen LogP contribution >= 0.6 is 0 Å². The van der Waals surface area contributed by atoms with Crippen LogP contribution in [0.15, 0.2) is 42.5 Å². The molecule has 3 rings (SSSR count). The van der Waals surface area contributed by atoms with Crippen LogP contribution < -0.4 is 14.8 Å². The van der Waals surface area contributed by atoms with Crippen molar-refractivity contribution >= 4 is 0 Å². The van der Waals surface area contributed by atoms with E-state index >= 15 is 0 Å². The summed E-state index contributed by atoms with van der Waals surface area (Å²) in [4.78, 5) is 0. The molecule has 0 bridgehead atoms. The van der Waals surface area contributed by atoms with Gasteiger partial charge in [0.25, 0.3) is 0 Å². The molecule has 2 N–H and O–H groups in total. The van der Waals surface area contributed by atoms with Crippen LogP contribution in [-0.4, -0.2) is 24.9 Å². The van der Waals surface area contributed by atoms with Crippen molar-refractivity contribution in [1.82, 2.24) is 5.32 Å². The van der Waals surface area contributed by atoms with E-state index in [-0.39, 0.29) is 5.82 Å². The van der Waals surface area contributed by atoms with Crippen LogP contribution in [0.4, 0.5) is 4.39 Å². The number of benzene rings is 2. The third kappa shape index (κ3) is 4.00. The molecule has 23 heavy (non-hydrogen) atoms. The van der Waals surface area contributed by atoms with Crippen molar-refractivity contribution in [3.8, 4) is 11.5 Å². The highest BCUT2D eigenvalue weighted by atomic mass is 19.1. The molecule has 1 heterocycles. The Morgan fingerprint density at radius 2 is 1.87 bits per heavy atom. The van der Waals surface area contributed by atoms with Gasteiger partial charge in [-0.1, -0.05) is 24.3 Å². The Labute approximate surface area is 134 Å². The summed E-state index contributed by atoms with van der Waals surface area (Å²) in [5.41, 5.74) is 1.68. The van der Waals surface area contributed by atoms with Crippen molar-refractivity contribution in [3.63, 3.8) is 0 Å². The number of aliphatic hydroxyl groups excluding tert-OH is 1. The number of aliphatic hydroxyl groups is 1. The minimum absolute atomic E-state index is 0.307. The van der Waals surface area contributed by atoms with E-state index in [2.05, 4.69) is 5.32 Å². The van der Waals surface area contributed by atoms with Gasteiger partial charge in [0.2, 0.25) is 0 Å². The van der Waals surface area contributed by atoms with Gasteiger partial charge in [0.05, 0.1) is 19.3 Å². The van der Waals surface area contributed by atoms with Crippen molar-refractivity contribution in [1.29, 1.82) is 0 Å². The largest absolute Gasteiger partial charge is 0.490 e. The summed E-state index contributed by atoms with van der Waals surface area (Å²) in [6.07, 6.45) is 0.181. The summed E-state index contributed by atoms with van der Waals surface area (Å²) in [6.45, 7) is 2.23. The summed E-state index contributed by atoms with van der Waals surface area (Å²) in [5.74, 6) is 1.23. The maximum atomic E-state index is 12.9. The molecule has 0 saturated carbocycles. The molecule has 0 saturated heterocycles. The van der Waals surface area contributed by atoms with Crippen LogP contribution in [0.25, 0.3) is 0 Å². The zero-order valence-electron chi connectivity index (χ0n) is 12.8. The van der Waals surface area contributed by atoms with Crippen molar-refractivity contribution in [2.45, 2.75) is 19.1 Å². The van der Waals surface area contributed by atoms with Crippen molar-refractivity contribution in [2.24, 2.45) is 0 Å². The molecule has 1 unspecified atom stereocenters. The number of halogens is 1. The molecule has 1 atom stereocenters. The van der Waals surface area contributed by atoms with Crippen LogP contribution in [0.5, 0.6) is 11.5 Å². The highest BCUT2D eigenvalue weighted by molar-refractivity contribution is 5.47. The first-order chi connectivity index (χ1) is 11.2. The maximum absolute atomic E-state index is 12.9. The lowest BCUT2D eigenvalue weighted by Crippen LogP contribution is -2.21. The minimum Gasteiger partial charge on any atom is -0.490 e. The van der Waals surface area contributed by atoms with Gasteiger partial charge in [-0.25, -0.2) is 4.39 Å². The first-order valence-electron chi connectivity index (χ1n) is 7.76. The van der Waals surface area contributed by atoms with E-state index < -0.39 is 6.10 Å².